The molecule has 0 bridgehead atoms. The number of carbonyl (C=O) groups is 1. The van der Waals surface area contributed by atoms with E-state index in [0.29, 0.717) is 13.0 Å². The van der Waals surface area contributed by atoms with E-state index < -0.39 is 0 Å². The Balaban J connectivity index is 2.75. The van der Waals surface area contributed by atoms with Crippen molar-refractivity contribution >= 4 is 5.91 Å². The number of rotatable bonds is 8. The van der Waals surface area contributed by atoms with Crippen molar-refractivity contribution < 1.29 is 4.79 Å². The summed E-state index contributed by atoms with van der Waals surface area (Å²) in [6.07, 6.45) is 0.710. The predicted molar refractivity (Wildman–Crippen MR) is 88.1 cm³/mol. The second kappa shape index (κ2) is 8.80. The molecule has 1 aromatic carbocycles. The van der Waals surface area contributed by atoms with E-state index in [1.54, 1.807) is 0 Å². The lowest BCUT2D eigenvalue weighted by molar-refractivity contribution is -0.137. The van der Waals surface area contributed by atoms with Gasteiger partial charge in [-0.2, -0.15) is 0 Å². The van der Waals surface area contributed by atoms with Crippen molar-refractivity contribution in [3.63, 3.8) is 0 Å². The Kier molecular flexibility index (Phi) is 7.40. The fourth-order valence-electron chi connectivity index (χ4n) is 2.72. The van der Waals surface area contributed by atoms with Crippen molar-refractivity contribution in [3.8, 4) is 0 Å². The molecule has 0 aliphatic heterocycles. The summed E-state index contributed by atoms with van der Waals surface area (Å²) in [5.74, 6) is 0.0233. The van der Waals surface area contributed by atoms with Crippen LogP contribution in [0.5, 0.6) is 0 Å². The highest BCUT2D eigenvalue weighted by Gasteiger charge is 2.26. The molecular formula is C17H29N3O. The standard InChI is InChI=1S/C17H29N3O/c1-5-20(14(2)13-19(3)4)17(21)16(12-18)11-15-9-7-6-8-10-15/h6-10,14,16H,5,11-13,18H2,1-4H3. The van der Waals surface area contributed by atoms with Crippen molar-refractivity contribution in [2.75, 3.05) is 33.7 Å². The summed E-state index contributed by atoms with van der Waals surface area (Å²) in [4.78, 5) is 16.8. The topological polar surface area (TPSA) is 49.6 Å². The van der Waals surface area contributed by atoms with E-state index in [4.69, 9.17) is 5.73 Å². The monoisotopic (exact) mass is 291 g/mol. The number of benzene rings is 1. The minimum Gasteiger partial charge on any atom is -0.339 e. The van der Waals surface area contributed by atoms with Crippen LogP contribution in [-0.2, 0) is 11.2 Å². The van der Waals surface area contributed by atoms with E-state index in [2.05, 4.69) is 24.0 Å². The fraction of sp³-hybridized carbons (Fsp3) is 0.588. The molecule has 4 nitrogen and oxygen atoms in total. The third-order valence-electron chi connectivity index (χ3n) is 3.74. The van der Waals surface area contributed by atoms with Gasteiger partial charge in [-0.15, -0.1) is 0 Å². The van der Waals surface area contributed by atoms with Crippen LogP contribution in [0.4, 0.5) is 0 Å². The quantitative estimate of drug-likeness (QED) is 0.791. The third-order valence-corrected chi connectivity index (χ3v) is 3.74. The molecule has 118 valence electrons. The Morgan fingerprint density at radius 1 is 1.24 bits per heavy atom. The summed E-state index contributed by atoms with van der Waals surface area (Å²) >= 11 is 0. The lowest BCUT2D eigenvalue weighted by Crippen LogP contribution is -2.48. The summed E-state index contributed by atoms with van der Waals surface area (Å²) in [7, 11) is 4.05. The highest BCUT2D eigenvalue weighted by molar-refractivity contribution is 5.79. The SMILES string of the molecule is CCN(C(=O)C(CN)Cc1ccccc1)C(C)CN(C)C. The molecule has 0 radical (unpaired) electrons. The van der Waals surface area contributed by atoms with Crippen LogP contribution in [0.15, 0.2) is 30.3 Å². The molecule has 2 unspecified atom stereocenters. The summed E-state index contributed by atoms with van der Waals surface area (Å²) in [6, 6.07) is 10.3. The van der Waals surface area contributed by atoms with Gasteiger partial charge in [-0.3, -0.25) is 4.79 Å². The molecule has 0 saturated heterocycles. The third kappa shape index (κ3) is 5.48. The van der Waals surface area contributed by atoms with Crippen molar-refractivity contribution in [1.82, 2.24) is 9.80 Å². The summed E-state index contributed by atoms with van der Waals surface area (Å²) < 4.78 is 0. The molecule has 21 heavy (non-hydrogen) atoms. The summed E-state index contributed by atoms with van der Waals surface area (Å²) in [5.41, 5.74) is 7.02. The molecule has 0 aromatic heterocycles. The Morgan fingerprint density at radius 2 is 1.86 bits per heavy atom. The number of amides is 1. The van der Waals surface area contributed by atoms with E-state index >= 15 is 0 Å². The van der Waals surface area contributed by atoms with Crippen LogP contribution in [0.2, 0.25) is 0 Å². The van der Waals surface area contributed by atoms with E-state index in [1.165, 1.54) is 0 Å². The first kappa shape index (κ1) is 17.7. The predicted octanol–water partition coefficient (Wildman–Crippen LogP) is 1.60. The van der Waals surface area contributed by atoms with Gasteiger partial charge in [0.2, 0.25) is 5.91 Å². The molecule has 2 atom stereocenters. The van der Waals surface area contributed by atoms with Crippen LogP contribution in [0.25, 0.3) is 0 Å². The van der Waals surface area contributed by atoms with E-state index in [1.807, 2.05) is 44.1 Å². The molecule has 1 rings (SSSR count). The van der Waals surface area contributed by atoms with Gasteiger partial charge in [-0.25, -0.2) is 0 Å². The molecule has 0 saturated carbocycles. The van der Waals surface area contributed by atoms with Crippen molar-refractivity contribution in [2.24, 2.45) is 11.7 Å². The zero-order valence-electron chi connectivity index (χ0n) is 13.7. The fourth-order valence-corrected chi connectivity index (χ4v) is 2.72. The number of hydrogen-bond donors (Lipinski definition) is 1. The van der Waals surface area contributed by atoms with E-state index in [-0.39, 0.29) is 17.9 Å². The molecule has 1 aromatic rings. The Bertz CT molecular complexity index is 419. The summed E-state index contributed by atoms with van der Waals surface area (Å²) in [6.45, 7) is 6.10. The number of nitrogens with two attached hydrogens (primary N) is 1. The Labute approximate surface area is 128 Å². The van der Waals surface area contributed by atoms with Crippen molar-refractivity contribution in [1.29, 1.82) is 0 Å². The molecule has 0 fully saturated rings. The minimum atomic E-state index is -0.142. The summed E-state index contributed by atoms with van der Waals surface area (Å²) in [5, 5.41) is 0. The van der Waals surface area contributed by atoms with Crippen molar-refractivity contribution in [3.05, 3.63) is 35.9 Å². The highest BCUT2D eigenvalue weighted by atomic mass is 16.2. The maximum atomic E-state index is 12.8. The van der Waals surface area contributed by atoms with Gasteiger partial charge in [0, 0.05) is 25.7 Å². The molecule has 2 N–H and O–H groups in total. The second-order valence-corrected chi connectivity index (χ2v) is 5.86. The van der Waals surface area contributed by atoms with E-state index in [0.717, 1.165) is 18.7 Å². The Hall–Kier alpha value is -1.39. The lowest BCUT2D eigenvalue weighted by Gasteiger charge is -2.33. The van der Waals surface area contributed by atoms with Crippen LogP contribution in [-0.4, -0.2) is 55.5 Å². The van der Waals surface area contributed by atoms with Crippen molar-refractivity contribution in [2.45, 2.75) is 26.3 Å². The number of nitrogens with zero attached hydrogens (tertiary/aromatic N) is 2. The molecule has 0 spiro atoms. The van der Waals surface area contributed by atoms with Crippen LogP contribution in [0.3, 0.4) is 0 Å². The average Bonchev–Trinajstić information content (AvgIpc) is 2.45. The highest BCUT2D eigenvalue weighted by Crippen LogP contribution is 2.13. The number of likely N-dealkylation sites (N-methyl/N-ethyl adjacent to an activating group) is 2. The van der Waals surface area contributed by atoms with Crippen LogP contribution in [0.1, 0.15) is 19.4 Å². The maximum Gasteiger partial charge on any atom is 0.227 e. The van der Waals surface area contributed by atoms with Gasteiger partial charge in [0.05, 0.1) is 5.92 Å². The first-order valence-electron chi connectivity index (χ1n) is 7.68. The second-order valence-electron chi connectivity index (χ2n) is 5.86. The molecular weight excluding hydrogens is 262 g/mol. The van der Waals surface area contributed by atoms with Gasteiger partial charge >= 0.3 is 0 Å². The molecule has 0 aliphatic rings. The van der Waals surface area contributed by atoms with Gasteiger partial charge in [-0.05, 0) is 39.9 Å². The van der Waals surface area contributed by atoms with Gasteiger partial charge in [0.25, 0.3) is 0 Å². The van der Waals surface area contributed by atoms with Crippen LogP contribution >= 0.6 is 0 Å². The number of carbonyl (C=O) groups excluding carboxylic acids is 1. The van der Waals surface area contributed by atoms with Crippen LogP contribution in [0, 0.1) is 5.92 Å². The van der Waals surface area contributed by atoms with Crippen LogP contribution < -0.4 is 5.73 Å². The minimum absolute atomic E-state index is 0.142. The van der Waals surface area contributed by atoms with Gasteiger partial charge < -0.3 is 15.5 Å². The largest absolute Gasteiger partial charge is 0.339 e. The smallest absolute Gasteiger partial charge is 0.227 e. The Morgan fingerprint density at radius 3 is 2.33 bits per heavy atom. The first-order chi connectivity index (χ1) is 9.99. The normalized spacial score (nSPS) is 14.0. The lowest BCUT2D eigenvalue weighted by atomic mass is 9.97. The maximum absolute atomic E-state index is 12.8. The molecule has 4 heteroatoms. The van der Waals surface area contributed by atoms with Gasteiger partial charge in [0.1, 0.15) is 0 Å². The molecule has 0 aliphatic carbocycles. The zero-order chi connectivity index (χ0) is 15.8. The molecule has 0 heterocycles. The van der Waals surface area contributed by atoms with Gasteiger partial charge in [-0.1, -0.05) is 30.3 Å². The first-order valence-corrected chi connectivity index (χ1v) is 7.68. The molecule has 1 amide bonds. The van der Waals surface area contributed by atoms with E-state index in [9.17, 15) is 4.79 Å². The van der Waals surface area contributed by atoms with Gasteiger partial charge in [0.15, 0.2) is 0 Å². The average molecular weight is 291 g/mol. The number of hydrogen-bond acceptors (Lipinski definition) is 3. The zero-order valence-corrected chi connectivity index (χ0v) is 13.7.